The molecule has 0 saturated heterocycles. The number of rotatable bonds is 7. The van der Waals surface area contributed by atoms with Gasteiger partial charge in [0.2, 0.25) is 0 Å². The van der Waals surface area contributed by atoms with Crippen molar-refractivity contribution in [3.05, 3.63) is 29.8 Å². The van der Waals surface area contributed by atoms with Crippen molar-refractivity contribution in [1.82, 2.24) is 4.90 Å². The molecule has 0 amide bonds. The summed E-state index contributed by atoms with van der Waals surface area (Å²) >= 11 is 0. The van der Waals surface area contributed by atoms with Crippen LogP contribution in [0.1, 0.15) is 31.9 Å². The predicted octanol–water partition coefficient (Wildman–Crippen LogP) is 2.67. The van der Waals surface area contributed by atoms with Gasteiger partial charge in [0.1, 0.15) is 5.75 Å². The molecule has 2 N–H and O–H groups in total. The predicted molar refractivity (Wildman–Crippen MR) is 76.9 cm³/mol. The van der Waals surface area contributed by atoms with E-state index < -0.39 is 0 Å². The van der Waals surface area contributed by atoms with Gasteiger partial charge < -0.3 is 10.5 Å². The normalized spacial score (nSPS) is 14.6. The van der Waals surface area contributed by atoms with Gasteiger partial charge >= 0.3 is 0 Å². The summed E-state index contributed by atoms with van der Waals surface area (Å²) in [5, 5.41) is 0. The van der Waals surface area contributed by atoms with Crippen molar-refractivity contribution >= 4 is 0 Å². The molecule has 18 heavy (non-hydrogen) atoms. The summed E-state index contributed by atoms with van der Waals surface area (Å²) in [5.41, 5.74) is 7.12. The average molecular weight is 250 g/mol. The van der Waals surface area contributed by atoms with Gasteiger partial charge in [-0.3, -0.25) is 4.90 Å². The Hall–Kier alpha value is -1.06. The van der Waals surface area contributed by atoms with Crippen LogP contribution in [0.3, 0.4) is 0 Å². The van der Waals surface area contributed by atoms with E-state index in [0.29, 0.717) is 12.5 Å². The summed E-state index contributed by atoms with van der Waals surface area (Å²) in [5.74, 6) is 1.60. The van der Waals surface area contributed by atoms with Crippen LogP contribution in [0, 0.1) is 5.92 Å². The molecule has 0 aliphatic heterocycles. The molecule has 0 aliphatic carbocycles. The van der Waals surface area contributed by atoms with Crippen molar-refractivity contribution in [3.8, 4) is 5.75 Å². The number of hydrogen-bond acceptors (Lipinski definition) is 3. The van der Waals surface area contributed by atoms with Crippen molar-refractivity contribution in [3.63, 3.8) is 0 Å². The second kappa shape index (κ2) is 7.39. The summed E-state index contributed by atoms with van der Waals surface area (Å²) in [6.45, 7) is 6.15. The minimum absolute atomic E-state index is 0.218. The summed E-state index contributed by atoms with van der Waals surface area (Å²) < 4.78 is 5.43. The van der Waals surface area contributed by atoms with E-state index in [1.54, 1.807) is 7.11 Å². The monoisotopic (exact) mass is 250 g/mol. The highest BCUT2D eigenvalue weighted by molar-refractivity contribution is 5.36. The largest absolute Gasteiger partial charge is 0.496 e. The highest BCUT2D eigenvalue weighted by Crippen LogP contribution is 2.28. The summed E-state index contributed by atoms with van der Waals surface area (Å²) in [7, 11) is 3.84. The van der Waals surface area contributed by atoms with E-state index in [4.69, 9.17) is 10.5 Å². The van der Waals surface area contributed by atoms with Crippen molar-refractivity contribution in [1.29, 1.82) is 0 Å². The Morgan fingerprint density at radius 2 is 2.00 bits per heavy atom. The Balaban J connectivity index is 2.87. The maximum atomic E-state index is 5.95. The van der Waals surface area contributed by atoms with Gasteiger partial charge in [0.25, 0.3) is 0 Å². The van der Waals surface area contributed by atoms with Crippen LogP contribution in [0.15, 0.2) is 24.3 Å². The quantitative estimate of drug-likeness (QED) is 0.808. The van der Waals surface area contributed by atoms with Gasteiger partial charge in [0.05, 0.1) is 13.2 Å². The molecular formula is C15H26N2O. The van der Waals surface area contributed by atoms with E-state index in [-0.39, 0.29) is 6.04 Å². The lowest BCUT2D eigenvalue weighted by Gasteiger charge is -2.30. The molecule has 102 valence electrons. The standard InChI is InChI=1S/C15H26N2O/c1-5-12(2)11-17(3)14(10-16)13-8-6-7-9-15(13)18-4/h6-9,12,14H,5,10-11,16H2,1-4H3. The van der Waals surface area contributed by atoms with E-state index in [1.807, 2.05) is 18.2 Å². The van der Waals surface area contributed by atoms with Crippen LogP contribution in [0.4, 0.5) is 0 Å². The third-order valence-corrected chi connectivity index (χ3v) is 3.55. The molecule has 0 fully saturated rings. The van der Waals surface area contributed by atoms with Gasteiger partial charge in [0.15, 0.2) is 0 Å². The lowest BCUT2D eigenvalue weighted by molar-refractivity contribution is 0.211. The highest BCUT2D eigenvalue weighted by Gasteiger charge is 2.19. The molecule has 1 aromatic carbocycles. The molecule has 1 aromatic rings. The minimum Gasteiger partial charge on any atom is -0.496 e. The molecule has 0 bridgehead atoms. The number of nitrogens with two attached hydrogens (primary N) is 1. The zero-order valence-electron chi connectivity index (χ0n) is 12.0. The summed E-state index contributed by atoms with van der Waals surface area (Å²) in [6, 6.07) is 8.34. The topological polar surface area (TPSA) is 38.5 Å². The maximum Gasteiger partial charge on any atom is 0.123 e. The fraction of sp³-hybridized carbons (Fsp3) is 0.600. The zero-order valence-corrected chi connectivity index (χ0v) is 12.0. The molecule has 2 unspecified atom stereocenters. The fourth-order valence-electron chi connectivity index (χ4n) is 2.23. The number of hydrogen-bond donors (Lipinski definition) is 1. The van der Waals surface area contributed by atoms with Gasteiger partial charge in [-0.05, 0) is 19.0 Å². The smallest absolute Gasteiger partial charge is 0.123 e. The number of para-hydroxylation sites is 1. The van der Waals surface area contributed by atoms with E-state index in [1.165, 1.54) is 12.0 Å². The molecular weight excluding hydrogens is 224 g/mol. The Bertz CT molecular complexity index is 354. The van der Waals surface area contributed by atoms with Crippen molar-refractivity contribution in [2.75, 3.05) is 27.2 Å². The summed E-state index contributed by atoms with van der Waals surface area (Å²) in [4.78, 5) is 2.33. The SMILES string of the molecule is CCC(C)CN(C)C(CN)c1ccccc1OC. The lowest BCUT2D eigenvalue weighted by atomic mass is 10.0. The maximum absolute atomic E-state index is 5.95. The first-order chi connectivity index (χ1) is 8.63. The number of benzene rings is 1. The zero-order chi connectivity index (χ0) is 13.5. The average Bonchev–Trinajstić information content (AvgIpc) is 2.40. The molecule has 0 spiro atoms. The Morgan fingerprint density at radius 3 is 2.56 bits per heavy atom. The molecule has 0 radical (unpaired) electrons. The van der Waals surface area contributed by atoms with Crippen LogP contribution in [-0.2, 0) is 0 Å². The van der Waals surface area contributed by atoms with E-state index in [9.17, 15) is 0 Å². The van der Waals surface area contributed by atoms with Crippen LogP contribution >= 0.6 is 0 Å². The molecule has 0 aromatic heterocycles. The molecule has 0 heterocycles. The van der Waals surface area contributed by atoms with Crippen molar-refractivity contribution in [2.45, 2.75) is 26.3 Å². The van der Waals surface area contributed by atoms with Gasteiger partial charge in [-0.2, -0.15) is 0 Å². The fourth-order valence-corrected chi connectivity index (χ4v) is 2.23. The van der Waals surface area contributed by atoms with Crippen LogP contribution in [0.25, 0.3) is 0 Å². The van der Waals surface area contributed by atoms with Gasteiger partial charge in [-0.15, -0.1) is 0 Å². The molecule has 0 aliphatic rings. The minimum atomic E-state index is 0.218. The first kappa shape index (κ1) is 15.0. The van der Waals surface area contributed by atoms with E-state index in [0.717, 1.165) is 12.3 Å². The van der Waals surface area contributed by atoms with Gasteiger partial charge in [0, 0.05) is 18.7 Å². The highest BCUT2D eigenvalue weighted by atomic mass is 16.5. The first-order valence-corrected chi connectivity index (χ1v) is 6.67. The van der Waals surface area contributed by atoms with Crippen LogP contribution in [-0.4, -0.2) is 32.1 Å². The third-order valence-electron chi connectivity index (χ3n) is 3.55. The first-order valence-electron chi connectivity index (χ1n) is 6.67. The number of ether oxygens (including phenoxy) is 1. The van der Waals surface area contributed by atoms with E-state index in [2.05, 4.69) is 31.9 Å². The molecule has 2 atom stereocenters. The Morgan fingerprint density at radius 1 is 1.33 bits per heavy atom. The second-order valence-electron chi connectivity index (χ2n) is 4.95. The number of methoxy groups -OCH3 is 1. The number of nitrogens with zero attached hydrogens (tertiary/aromatic N) is 1. The van der Waals surface area contributed by atoms with E-state index >= 15 is 0 Å². The van der Waals surface area contributed by atoms with Crippen LogP contribution in [0.5, 0.6) is 5.75 Å². The molecule has 1 rings (SSSR count). The number of likely N-dealkylation sites (N-methyl/N-ethyl adjacent to an activating group) is 1. The molecule has 3 nitrogen and oxygen atoms in total. The van der Waals surface area contributed by atoms with Gasteiger partial charge in [-0.1, -0.05) is 38.5 Å². The van der Waals surface area contributed by atoms with Crippen LogP contribution in [0.2, 0.25) is 0 Å². The Labute approximate surface area is 111 Å². The summed E-state index contributed by atoms with van der Waals surface area (Å²) in [6.07, 6.45) is 1.19. The second-order valence-corrected chi connectivity index (χ2v) is 4.95. The third kappa shape index (κ3) is 3.72. The Kier molecular flexibility index (Phi) is 6.16. The molecule has 0 saturated carbocycles. The lowest BCUT2D eigenvalue weighted by Crippen LogP contribution is -2.33. The van der Waals surface area contributed by atoms with Crippen molar-refractivity contribution in [2.24, 2.45) is 11.7 Å². The molecule has 3 heteroatoms. The van der Waals surface area contributed by atoms with Crippen LogP contribution < -0.4 is 10.5 Å². The van der Waals surface area contributed by atoms with Gasteiger partial charge in [-0.25, -0.2) is 0 Å². The van der Waals surface area contributed by atoms with Crippen molar-refractivity contribution < 1.29 is 4.74 Å².